The van der Waals surface area contributed by atoms with Gasteiger partial charge in [0.15, 0.2) is 5.82 Å². The summed E-state index contributed by atoms with van der Waals surface area (Å²) >= 11 is 0. The van der Waals surface area contributed by atoms with E-state index >= 15 is 0 Å². The zero-order valence-corrected chi connectivity index (χ0v) is 7.68. The van der Waals surface area contributed by atoms with Crippen LogP contribution in [0.15, 0.2) is 24.4 Å². The Bertz CT molecular complexity index is 497. The summed E-state index contributed by atoms with van der Waals surface area (Å²) in [6, 6.07) is 5.58. The molecular formula is C11H11FN2. The van der Waals surface area contributed by atoms with Crippen molar-refractivity contribution in [1.29, 1.82) is 0 Å². The molecule has 0 aliphatic heterocycles. The van der Waals surface area contributed by atoms with Crippen molar-refractivity contribution in [1.82, 2.24) is 4.98 Å². The molecule has 0 bridgehead atoms. The molecule has 1 saturated carbocycles. The summed E-state index contributed by atoms with van der Waals surface area (Å²) in [5.74, 6) is -0.187. The number of nitrogens with one attached hydrogen (secondary N) is 1. The van der Waals surface area contributed by atoms with Crippen molar-refractivity contribution in [2.24, 2.45) is 5.73 Å². The van der Waals surface area contributed by atoms with Gasteiger partial charge in [0, 0.05) is 22.7 Å². The first kappa shape index (κ1) is 8.00. The van der Waals surface area contributed by atoms with Gasteiger partial charge >= 0.3 is 0 Å². The predicted octanol–water partition coefficient (Wildman–Crippen LogP) is 2.25. The van der Waals surface area contributed by atoms with Gasteiger partial charge in [0.2, 0.25) is 0 Å². The van der Waals surface area contributed by atoms with E-state index in [4.69, 9.17) is 5.73 Å². The van der Waals surface area contributed by atoms with E-state index in [1.165, 1.54) is 0 Å². The molecule has 1 fully saturated rings. The van der Waals surface area contributed by atoms with Crippen LogP contribution in [0.5, 0.6) is 0 Å². The standard InChI is InChI=1S/C11H11FN2/c12-9-8(11(13)4-5-11)2-1-7-3-6-14-10(7)9/h1-3,6,14H,4-5,13H2. The molecule has 1 aromatic carbocycles. The van der Waals surface area contributed by atoms with Gasteiger partial charge in [-0.25, -0.2) is 4.39 Å². The van der Waals surface area contributed by atoms with E-state index in [0.29, 0.717) is 11.1 Å². The van der Waals surface area contributed by atoms with Crippen LogP contribution in [0.1, 0.15) is 18.4 Å². The molecule has 3 heteroatoms. The molecule has 1 heterocycles. The van der Waals surface area contributed by atoms with Crippen LogP contribution in [0.3, 0.4) is 0 Å². The monoisotopic (exact) mass is 190 g/mol. The third-order valence-corrected chi connectivity index (χ3v) is 2.99. The van der Waals surface area contributed by atoms with Gasteiger partial charge in [0.25, 0.3) is 0 Å². The molecule has 1 aliphatic rings. The Hall–Kier alpha value is -1.35. The van der Waals surface area contributed by atoms with E-state index in [2.05, 4.69) is 4.98 Å². The van der Waals surface area contributed by atoms with Crippen molar-refractivity contribution >= 4 is 10.9 Å². The largest absolute Gasteiger partial charge is 0.359 e. The van der Waals surface area contributed by atoms with E-state index < -0.39 is 5.54 Å². The molecule has 0 spiro atoms. The van der Waals surface area contributed by atoms with Crippen LogP contribution in [0.4, 0.5) is 4.39 Å². The van der Waals surface area contributed by atoms with E-state index in [0.717, 1.165) is 18.2 Å². The Kier molecular flexibility index (Phi) is 1.35. The molecule has 2 aromatic rings. The third-order valence-electron chi connectivity index (χ3n) is 2.99. The summed E-state index contributed by atoms with van der Waals surface area (Å²) in [6.07, 6.45) is 3.51. The Morgan fingerprint density at radius 2 is 2.07 bits per heavy atom. The summed E-state index contributed by atoms with van der Waals surface area (Å²) < 4.78 is 13.9. The number of aromatic amines is 1. The lowest BCUT2D eigenvalue weighted by Gasteiger charge is -2.10. The normalized spacial score (nSPS) is 18.7. The third kappa shape index (κ3) is 0.930. The lowest BCUT2D eigenvalue weighted by Crippen LogP contribution is -2.20. The second kappa shape index (κ2) is 2.36. The van der Waals surface area contributed by atoms with Crippen molar-refractivity contribution in [2.75, 3.05) is 0 Å². The number of aromatic nitrogens is 1. The van der Waals surface area contributed by atoms with Crippen LogP contribution >= 0.6 is 0 Å². The zero-order valence-electron chi connectivity index (χ0n) is 7.68. The van der Waals surface area contributed by atoms with Gasteiger partial charge in [-0.15, -0.1) is 0 Å². The van der Waals surface area contributed by atoms with Gasteiger partial charge < -0.3 is 10.7 Å². The molecule has 3 rings (SSSR count). The van der Waals surface area contributed by atoms with Crippen LogP contribution in [-0.4, -0.2) is 4.98 Å². The van der Waals surface area contributed by atoms with Gasteiger partial charge in [-0.1, -0.05) is 12.1 Å². The average molecular weight is 190 g/mol. The fraction of sp³-hybridized carbons (Fsp3) is 0.273. The fourth-order valence-corrected chi connectivity index (χ4v) is 1.88. The van der Waals surface area contributed by atoms with Crippen LogP contribution < -0.4 is 5.73 Å². The minimum absolute atomic E-state index is 0.187. The summed E-state index contributed by atoms with van der Waals surface area (Å²) in [5.41, 5.74) is 6.79. The number of benzene rings is 1. The van der Waals surface area contributed by atoms with E-state index in [-0.39, 0.29) is 5.82 Å². The van der Waals surface area contributed by atoms with Gasteiger partial charge in [-0.3, -0.25) is 0 Å². The summed E-state index contributed by atoms with van der Waals surface area (Å²) in [5, 5.41) is 0.899. The molecule has 0 atom stereocenters. The molecule has 14 heavy (non-hydrogen) atoms. The highest BCUT2D eigenvalue weighted by molar-refractivity contribution is 5.81. The lowest BCUT2D eigenvalue weighted by atomic mass is 10.0. The van der Waals surface area contributed by atoms with Gasteiger partial charge in [0.05, 0.1) is 5.52 Å². The molecule has 2 nitrogen and oxygen atoms in total. The van der Waals surface area contributed by atoms with Gasteiger partial charge in [-0.2, -0.15) is 0 Å². The molecule has 3 N–H and O–H groups in total. The predicted molar refractivity (Wildman–Crippen MR) is 53.4 cm³/mol. The Labute approximate surface area is 80.9 Å². The van der Waals surface area contributed by atoms with Crippen molar-refractivity contribution in [3.63, 3.8) is 0 Å². The SMILES string of the molecule is NC1(c2ccc3cc[nH]c3c2F)CC1. The Morgan fingerprint density at radius 3 is 2.79 bits per heavy atom. The summed E-state index contributed by atoms with van der Waals surface area (Å²) in [7, 11) is 0. The van der Waals surface area contributed by atoms with E-state index in [1.807, 2.05) is 12.1 Å². The van der Waals surface area contributed by atoms with Crippen molar-refractivity contribution in [2.45, 2.75) is 18.4 Å². The van der Waals surface area contributed by atoms with Crippen molar-refractivity contribution < 1.29 is 4.39 Å². The first-order valence-electron chi connectivity index (χ1n) is 4.76. The van der Waals surface area contributed by atoms with Gasteiger partial charge in [0.1, 0.15) is 0 Å². The number of halogens is 1. The summed E-state index contributed by atoms with van der Waals surface area (Å²) in [4.78, 5) is 2.90. The number of hydrogen-bond donors (Lipinski definition) is 2. The average Bonchev–Trinajstić information content (AvgIpc) is 2.75. The smallest absolute Gasteiger partial charge is 0.152 e. The number of H-pyrrole nitrogens is 1. The quantitative estimate of drug-likeness (QED) is 0.711. The molecule has 0 amide bonds. The topological polar surface area (TPSA) is 41.8 Å². The minimum atomic E-state index is -0.399. The maximum absolute atomic E-state index is 13.9. The number of nitrogens with two attached hydrogens (primary N) is 1. The van der Waals surface area contributed by atoms with Crippen molar-refractivity contribution in [3.8, 4) is 0 Å². The minimum Gasteiger partial charge on any atom is -0.359 e. The summed E-state index contributed by atoms with van der Waals surface area (Å²) in [6.45, 7) is 0. The Morgan fingerprint density at radius 1 is 1.29 bits per heavy atom. The highest BCUT2D eigenvalue weighted by atomic mass is 19.1. The van der Waals surface area contributed by atoms with Crippen LogP contribution in [0.25, 0.3) is 10.9 Å². The van der Waals surface area contributed by atoms with E-state index in [1.54, 1.807) is 12.3 Å². The second-order valence-corrected chi connectivity index (χ2v) is 4.03. The van der Waals surface area contributed by atoms with Crippen molar-refractivity contribution in [3.05, 3.63) is 35.8 Å². The highest BCUT2D eigenvalue weighted by Gasteiger charge is 2.42. The molecule has 0 saturated heterocycles. The molecule has 0 unspecified atom stereocenters. The zero-order chi connectivity index (χ0) is 9.76. The number of rotatable bonds is 1. The molecule has 1 aliphatic carbocycles. The Balaban J connectivity index is 2.30. The maximum atomic E-state index is 13.9. The van der Waals surface area contributed by atoms with Crippen LogP contribution in [0.2, 0.25) is 0 Å². The lowest BCUT2D eigenvalue weighted by molar-refractivity contribution is 0.586. The molecule has 1 aromatic heterocycles. The molecule has 72 valence electrons. The maximum Gasteiger partial charge on any atom is 0.152 e. The van der Waals surface area contributed by atoms with E-state index in [9.17, 15) is 4.39 Å². The van der Waals surface area contributed by atoms with Crippen LogP contribution in [0, 0.1) is 5.82 Å². The number of hydrogen-bond acceptors (Lipinski definition) is 1. The second-order valence-electron chi connectivity index (χ2n) is 4.03. The van der Waals surface area contributed by atoms with Gasteiger partial charge in [-0.05, 0) is 18.9 Å². The van der Waals surface area contributed by atoms with Crippen LogP contribution in [-0.2, 0) is 5.54 Å². The highest BCUT2D eigenvalue weighted by Crippen LogP contribution is 2.44. The first-order valence-corrected chi connectivity index (χ1v) is 4.76. The first-order chi connectivity index (χ1) is 6.71. The number of fused-ring (bicyclic) bond motifs is 1. The molecular weight excluding hydrogens is 179 g/mol. The molecule has 0 radical (unpaired) electrons. The fourth-order valence-electron chi connectivity index (χ4n) is 1.88.